The third-order valence-corrected chi connectivity index (χ3v) is 19.7. The number of anilines is 4. The molecule has 0 saturated carbocycles. The van der Waals surface area contributed by atoms with Crippen molar-refractivity contribution in [1.29, 1.82) is 0 Å². The van der Waals surface area contributed by atoms with Crippen LogP contribution in [-0.4, -0.2) is 163 Å². The van der Waals surface area contributed by atoms with E-state index in [4.69, 9.17) is 28.4 Å². The van der Waals surface area contributed by atoms with Crippen LogP contribution in [0.4, 0.5) is 22.7 Å². The zero-order valence-electron chi connectivity index (χ0n) is 52.8. The van der Waals surface area contributed by atoms with Crippen molar-refractivity contribution in [2.45, 2.75) is 164 Å². The lowest BCUT2D eigenvalue weighted by molar-refractivity contribution is -0.245. The van der Waals surface area contributed by atoms with Crippen molar-refractivity contribution in [3.05, 3.63) is 144 Å². The van der Waals surface area contributed by atoms with Gasteiger partial charge in [0.1, 0.15) is 80.7 Å². The van der Waals surface area contributed by atoms with Crippen molar-refractivity contribution in [2.24, 2.45) is 0 Å². The number of phenols is 4. The molecule has 506 valence electrons. The van der Waals surface area contributed by atoms with Crippen LogP contribution in [0.25, 0.3) is 0 Å². The Hall–Kier alpha value is -9.26. The Morgan fingerprint density at radius 1 is 0.510 bits per heavy atom. The molecule has 12 atom stereocenters. The molecule has 28 nitrogen and oxygen atoms in total. The van der Waals surface area contributed by atoms with Gasteiger partial charge in [0.25, 0.3) is 21.7 Å². The summed E-state index contributed by atoms with van der Waals surface area (Å²) in [5, 5.41) is 105. The number of unbranched alkanes of at least 4 members (excludes halogenated alkanes) is 3. The number of fused-ring (bicyclic) bond motifs is 6. The molecule has 0 radical (unpaired) electrons. The molecule has 0 bridgehead atoms. The SMILES string of the molecule is COc1cccc2c1C(=O)c1c(O)c3c(c(O)c1C2=O)C[C@@](O)(C(C)=O)C[C@@H]3O[C@H]1C[C@H](Nc2c(NCCCCCCNc3c(N[C@H]4C[C@H](O[C@H]5C[C@](O)(C(C)=O)Cc6c(O)c7c(c(O)c65)C(=O)c5c(OC)cccc5C7=O)O[C@@H](C)[C@H]4O)c(=O)c3=O)c(=O)c2=O)[C@H](O)[C@H](C)O1. The van der Waals surface area contributed by atoms with E-state index in [1.54, 1.807) is 0 Å². The largest absolute Gasteiger partial charge is 0.507 e. The second-order valence-electron chi connectivity index (χ2n) is 25.5. The van der Waals surface area contributed by atoms with Gasteiger partial charge >= 0.3 is 0 Å². The van der Waals surface area contributed by atoms with Crippen molar-refractivity contribution in [3.63, 3.8) is 0 Å². The maximum Gasteiger partial charge on any atom is 0.253 e. The summed E-state index contributed by atoms with van der Waals surface area (Å²) in [7, 11) is 2.58. The molecule has 0 spiro atoms. The third kappa shape index (κ3) is 10.9. The Balaban J connectivity index is 0.655. The number of ether oxygens (including phenoxy) is 6. The topological polar surface area (TPSA) is 436 Å². The molecular formula is C68H70N4O24. The Labute approximate surface area is 545 Å². The molecule has 12 rings (SSSR count). The molecule has 6 aliphatic rings. The fourth-order valence-corrected chi connectivity index (χ4v) is 14.3. The standard InChI is InChI=1S/C68H70N4O24/c1-25-53(75)33(19-39(93-25)95-37-23-67(89,27(3)73)21-31-43(37)61(83)47-45(57(31)79)55(77)29-13-11-15-35(91-5)41(29)59(47)81)71-51-49(63(85)65(51)87)69-17-9-7-8-10-18-70-50-52(66(88)64(50)86)72-34-20-40(94-26(2)54(34)76)96-38-24-68(90,28(4)74)22-32-44(38)62(84)48-46(58(32)80)56(78)30-14-12-16-36(92-6)42(30)60(48)82/h11-16,25-26,33-34,37-40,53-54,69-72,75-76,79-80,83-84,89-90H,7-10,17-24H2,1-6H3/t25-,26-,33-,34-,37-,38-,39-,40-,53+,54+,67-,68-/m0/s1. The number of methoxy groups -OCH3 is 2. The molecule has 2 fully saturated rings. The Kier molecular flexibility index (Phi) is 17.4. The highest BCUT2D eigenvalue weighted by Crippen LogP contribution is 2.55. The minimum Gasteiger partial charge on any atom is -0.507 e. The lowest BCUT2D eigenvalue weighted by atomic mass is 9.72. The fourth-order valence-electron chi connectivity index (χ4n) is 14.3. The van der Waals surface area contributed by atoms with E-state index in [1.165, 1.54) is 64.5 Å². The van der Waals surface area contributed by atoms with Crippen LogP contribution < -0.4 is 52.5 Å². The Morgan fingerprint density at radius 2 is 0.865 bits per heavy atom. The fraction of sp³-hybridized carbons (Fsp3) is 0.441. The molecule has 6 aromatic carbocycles. The maximum atomic E-state index is 14.1. The minimum absolute atomic E-state index is 0.0353. The number of ketones is 6. The summed E-state index contributed by atoms with van der Waals surface area (Å²) in [6.45, 7) is 5.69. The van der Waals surface area contributed by atoms with Crippen molar-refractivity contribution in [1.82, 2.24) is 0 Å². The molecule has 0 amide bonds. The molecular weight excluding hydrogens is 1260 g/mol. The minimum atomic E-state index is -2.20. The average Bonchev–Trinajstić information content (AvgIpc) is 0.715. The second kappa shape index (κ2) is 25.1. The van der Waals surface area contributed by atoms with Crippen LogP contribution in [-0.2, 0) is 41.4 Å². The molecule has 28 heteroatoms. The van der Waals surface area contributed by atoms with Crippen molar-refractivity contribution in [3.8, 4) is 34.5 Å². The van der Waals surface area contributed by atoms with E-state index < -0.39 is 200 Å². The number of benzene rings is 4. The van der Waals surface area contributed by atoms with E-state index in [9.17, 15) is 88.8 Å². The van der Waals surface area contributed by atoms with Crippen molar-refractivity contribution < 1.29 is 98.0 Å². The molecule has 6 aromatic rings. The molecule has 2 aliphatic heterocycles. The summed E-state index contributed by atoms with van der Waals surface area (Å²) in [5.41, 5.74) is -11.5. The van der Waals surface area contributed by atoms with Crippen LogP contribution in [0.3, 0.4) is 0 Å². The van der Waals surface area contributed by atoms with Gasteiger partial charge in [0.05, 0.1) is 84.1 Å². The van der Waals surface area contributed by atoms with E-state index in [0.29, 0.717) is 25.7 Å². The zero-order chi connectivity index (χ0) is 69.0. The van der Waals surface area contributed by atoms with Crippen LogP contribution in [0, 0.1) is 0 Å². The van der Waals surface area contributed by atoms with Gasteiger partial charge in [-0.1, -0.05) is 37.1 Å². The van der Waals surface area contributed by atoms with E-state index in [1.807, 2.05) is 0 Å². The number of phenolic OH excluding ortho intramolecular Hbond substituents is 4. The number of carbonyl (C=O) groups excluding carboxylic acids is 6. The number of nitrogens with one attached hydrogen (secondary N) is 4. The highest BCUT2D eigenvalue weighted by molar-refractivity contribution is 6.32. The van der Waals surface area contributed by atoms with Crippen LogP contribution >= 0.6 is 0 Å². The molecule has 12 N–H and O–H groups in total. The van der Waals surface area contributed by atoms with Gasteiger partial charge in [-0.05, 0) is 52.7 Å². The number of carbonyl (C=O) groups is 6. The van der Waals surface area contributed by atoms with Gasteiger partial charge in [-0.2, -0.15) is 0 Å². The summed E-state index contributed by atoms with van der Waals surface area (Å²) in [4.78, 5) is 134. The summed E-state index contributed by atoms with van der Waals surface area (Å²) in [6.07, 6.45) is -10.6. The number of hydrogen-bond donors (Lipinski definition) is 12. The van der Waals surface area contributed by atoms with Gasteiger partial charge in [-0.3, -0.25) is 47.9 Å². The number of rotatable bonds is 21. The summed E-state index contributed by atoms with van der Waals surface area (Å²) in [6, 6.07) is 6.54. The van der Waals surface area contributed by atoms with Crippen LogP contribution in [0.1, 0.15) is 177 Å². The zero-order valence-corrected chi connectivity index (χ0v) is 52.8. The number of aromatic hydroxyl groups is 4. The quantitative estimate of drug-likeness (QED) is 0.0279. The predicted octanol–water partition coefficient (Wildman–Crippen LogP) is 2.95. The van der Waals surface area contributed by atoms with Gasteiger partial charge in [0.2, 0.25) is 11.6 Å². The first kappa shape index (κ1) is 66.7. The van der Waals surface area contributed by atoms with Crippen LogP contribution in [0.15, 0.2) is 55.6 Å². The molecule has 2 heterocycles. The van der Waals surface area contributed by atoms with E-state index >= 15 is 0 Å². The third-order valence-electron chi connectivity index (χ3n) is 19.7. The number of hydrogen-bond acceptors (Lipinski definition) is 28. The summed E-state index contributed by atoms with van der Waals surface area (Å²) in [5.74, 6) is -7.68. The first-order chi connectivity index (χ1) is 45.6. The van der Waals surface area contributed by atoms with E-state index in [-0.39, 0.29) is 105 Å². The number of Topliss-reactive ketones (excluding diaryl/α,β-unsaturated/α-hetero) is 2. The van der Waals surface area contributed by atoms with E-state index in [2.05, 4.69) is 21.3 Å². The number of aliphatic hydroxyl groups is 4. The van der Waals surface area contributed by atoms with Gasteiger partial charge in [-0.25, -0.2) is 0 Å². The van der Waals surface area contributed by atoms with Gasteiger partial charge in [0, 0.05) is 85.0 Å². The normalized spacial score (nSPS) is 26.6. The predicted molar refractivity (Wildman–Crippen MR) is 338 cm³/mol. The lowest BCUT2D eigenvalue weighted by Gasteiger charge is -2.43. The first-order valence-electron chi connectivity index (χ1n) is 31.4. The Morgan fingerprint density at radius 3 is 1.22 bits per heavy atom. The lowest BCUT2D eigenvalue weighted by Crippen LogP contribution is -2.53. The van der Waals surface area contributed by atoms with Gasteiger partial charge in [-0.15, -0.1) is 0 Å². The average molecular weight is 1330 g/mol. The van der Waals surface area contributed by atoms with Crippen LogP contribution in [0.2, 0.25) is 0 Å². The first-order valence-corrected chi connectivity index (χ1v) is 31.4. The second-order valence-corrected chi connectivity index (χ2v) is 25.5. The maximum absolute atomic E-state index is 14.1. The Bertz CT molecular complexity index is 4170. The van der Waals surface area contributed by atoms with Crippen molar-refractivity contribution in [2.75, 3.05) is 48.6 Å². The highest BCUT2D eigenvalue weighted by atomic mass is 16.7. The van der Waals surface area contributed by atoms with Crippen LogP contribution in [0.5, 0.6) is 34.5 Å². The molecule has 4 aliphatic carbocycles. The van der Waals surface area contributed by atoms with Crippen molar-refractivity contribution >= 4 is 57.4 Å². The monoisotopic (exact) mass is 1330 g/mol. The molecule has 0 unspecified atom stereocenters. The number of aliphatic hydroxyl groups excluding tert-OH is 2. The molecule has 96 heavy (non-hydrogen) atoms. The highest BCUT2D eigenvalue weighted by Gasteiger charge is 2.53. The molecule has 0 aromatic heterocycles. The smallest absolute Gasteiger partial charge is 0.253 e. The summed E-state index contributed by atoms with van der Waals surface area (Å²) >= 11 is 0. The van der Waals surface area contributed by atoms with Gasteiger partial charge in [0.15, 0.2) is 35.7 Å². The summed E-state index contributed by atoms with van der Waals surface area (Å²) < 4.78 is 35.5. The van der Waals surface area contributed by atoms with Gasteiger partial charge < -0.3 is 90.5 Å². The molecule has 2 saturated heterocycles. The van der Waals surface area contributed by atoms with E-state index in [0.717, 1.165) is 13.8 Å².